The second kappa shape index (κ2) is 4.42. The fourth-order valence-corrected chi connectivity index (χ4v) is 2.52. The van der Waals surface area contributed by atoms with Crippen LogP contribution in [0.15, 0.2) is 0 Å². The third kappa shape index (κ3) is 1.92. The maximum Gasteiger partial charge on any atom is 0.243 e. The van der Waals surface area contributed by atoms with Crippen molar-refractivity contribution < 1.29 is 9.53 Å². The van der Waals surface area contributed by atoms with E-state index in [1.165, 1.54) is 0 Å². The Balaban J connectivity index is 2.09. The highest BCUT2D eigenvalue weighted by atomic mass is 16.5. The van der Waals surface area contributed by atoms with Gasteiger partial charge in [0.2, 0.25) is 5.91 Å². The van der Waals surface area contributed by atoms with E-state index in [1.807, 2.05) is 4.90 Å². The summed E-state index contributed by atoms with van der Waals surface area (Å²) >= 11 is 0. The predicted molar refractivity (Wildman–Crippen MR) is 58.5 cm³/mol. The third-order valence-corrected chi connectivity index (χ3v) is 3.68. The Kier molecular flexibility index (Phi) is 3.15. The van der Waals surface area contributed by atoms with Crippen molar-refractivity contribution in [2.24, 2.45) is 11.3 Å². The molecule has 2 aliphatic heterocycles. The second-order valence-corrected chi connectivity index (χ2v) is 4.95. The number of nitriles is 1. The Hall–Kier alpha value is -1.08. The monoisotopic (exact) mass is 222 g/mol. The minimum Gasteiger partial charge on any atom is -0.381 e. The molecular formula is C12H18N2O2. The smallest absolute Gasteiger partial charge is 0.243 e. The molecular weight excluding hydrogens is 204 g/mol. The van der Waals surface area contributed by atoms with Gasteiger partial charge < -0.3 is 9.64 Å². The van der Waals surface area contributed by atoms with Crippen LogP contribution in [0.1, 0.15) is 26.2 Å². The molecule has 16 heavy (non-hydrogen) atoms. The van der Waals surface area contributed by atoms with Crippen molar-refractivity contribution in [3.8, 4) is 6.07 Å². The number of ether oxygens (including phenoxy) is 1. The van der Waals surface area contributed by atoms with E-state index in [9.17, 15) is 10.1 Å². The van der Waals surface area contributed by atoms with E-state index in [4.69, 9.17) is 4.74 Å². The third-order valence-electron chi connectivity index (χ3n) is 3.68. The van der Waals surface area contributed by atoms with Crippen LogP contribution in [0.4, 0.5) is 0 Å². The Morgan fingerprint density at radius 2 is 2.19 bits per heavy atom. The van der Waals surface area contributed by atoms with Crippen molar-refractivity contribution >= 4 is 5.91 Å². The lowest BCUT2D eigenvalue weighted by molar-refractivity contribution is -0.142. The summed E-state index contributed by atoms with van der Waals surface area (Å²) in [5.41, 5.74) is -0.803. The molecule has 1 amide bonds. The first kappa shape index (κ1) is 11.4. The van der Waals surface area contributed by atoms with Gasteiger partial charge in [0.05, 0.1) is 6.07 Å². The van der Waals surface area contributed by atoms with Crippen molar-refractivity contribution in [1.29, 1.82) is 5.26 Å². The molecule has 0 aromatic rings. The van der Waals surface area contributed by atoms with E-state index < -0.39 is 5.41 Å². The van der Waals surface area contributed by atoms with Gasteiger partial charge in [0.1, 0.15) is 5.41 Å². The average molecular weight is 222 g/mol. The van der Waals surface area contributed by atoms with Gasteiger partial charge in [0.25, 0.3) is 0 Å². The molecule has 4 heteroatoms. The summed E-state index contributed by atoms with van der Waals surface area (Å²) in [6, 6.07) is 2.24. The quantitative estimate of drug-likeness (QED) is 0.669. The van der Waals surface area contributed by atoms with Crippen LogP contribution in [0.5, 0.6) is 0 Å². The Morgan fingerprint density at radius 3 is 2.69 bits per heavy atom. The average Bonchev–Trinajstić information content (AvgIpc) is 2.76. The van der Waals surface area contributed by atoms with Gasteiger partial charge in [-0.3, -0.25) is 4.79 Å². The number of rotatable bonds is 1. The fourth-order valence-electron chi connectivity index (χ4n) is 2.52. The summed E-state index contributed by atoms with van der Waals surface area (Å²) in [6.45, 7) is 4.83. The van der Waals surface area contributed by atoms with Crippen LogP contribution in [0, 0.1) is 22.7 Å². The summed E-state index contributed by atoms with van der Waals surface area (Å²) in [7, 11) is 0. The maximum atomic E-state index is 12.3. The lowest BCUT2D eigenvalue weighted by Gasteiger charge is -2.33. The van der Waals surface area contributed by atoms with E-state index >= 15 is 0 Å². The second-order valence-electron chi connectivity index (χ2n) is 4.95. The van der Waals surface area contributed by atoms with E-state index in [2.05, 4.69) is 13.0 Å². The maximum absolute atomic E-state index is 12.3. The van der Waals surface area contributed by atoms with Crippen molar-refractivity contribution in [3.63, 3.8) is 0 Å². The van der Waals surface area contributed by atoms with E-state index in [1.54, 1.807) is 0 Å². The molecule has 2 saturated heterocycles. The van der Waals surface area contributed by atoms with E-state index in [-0.39, 0.29) is 5.91 Å². The Bertz CT molecular complexity index is 315. The lowest BCUT2D eigenvalue weighted by Crippen LogP contribution is -2.45. The van der Waals surface area contributed by atoms with E-state index in [0.29, 0.717) is 32.0 Å². The van der Waals surface area contributed by atoms with Gasteiger partial charge in [-0.25, -0.2) is 0 Å². The molecule has 2 aliphatic rings. The van der Waals surface area contributed by atoms with Crippen molar-refractivity contribution in [3.05, 3.63) is 0 Å². The number of likely N-dealkylation sites (tertiary alicyclic amines) is 1. The van der Waals surface area contributed by atoms with Gasteiger partial charge >= 0.3 is 0 Å². The van der Waals surface area contributed by atoms with Gasteiger partial charge in [0.15, 0.2) is 0 Å². The zero-order chi connectivity index (χ0) is 11.6. The number of amides is 1. The SMILES string of the molecule is CC1CCN(C(=O)C2(C#N)CCOCC2)C1. The summed E-state index contributed by atoms with van der Waals surface area (Å²) < 4.78 is 5.24. The largest absolute Gasteiger partial charge is 0.381 e. The molecule has 0 spiro atoms. The highest BCUT2D eigenvalue weighted by molar-refractivity contribution is 5.85. The van der Waals surface area contributed by atoms with Gasteiger partial charge in [-0.15, -0.1) is 0 Å². The predicted octanol–water partition coefficient (Wildman–Crippen LogP) is 1.18. The molecule has 0 bridgehead atoms. The Morgan fingerprint density at radius 1 is 1.50 bits per heavy atom. The highest BCUT2D eigenvalue weighted by Gasteiger charge is 2.44. The molecule has 1 unspecified atom stereocenters. The van der Waals surface area contributed by atoms with Crippen molar-refractivity contribution in [1.82, 2.24) is 4.90 Å². The number of carbonyl (C=O) groups is 1. The zero-order valence-electron chi connectivity index (χ0n) is 9.74. The van der Waals surface area contributed by atoms with Gasteiger partial charge in [-0.1, -0.05) is 6.92 Å². The van der Waals surface area contributed by atoms with Gasteiger partial charge in [0, 0.05) is 26.3 Å². The zero-order valence-corrected chi connectivity index (χ0v) is 9.74. The minimum absolute atomic E-state index is 0.0302. The van der Waals surface area contributed by atoms with Crippen LogP contribution in [-0.2, 0) is 9.53 Å². The Labute approximate surface area is 96.2 Å². The summed E-state index contributed by atoms with van der Waals surface area (Å²) in [5, 5.41) is 9.29. The lowest BCUT2D eigenvalue weighted by atomic mass is 9.80. The molecule has 0 aliphatic carbocycles. The summed E-state index contributed by atoms with van der Waals surface area (Å²) in [5.74, 6) is 0.599. The molecule has 2 heterocycles. The molecule has 4 nitrogen and oxygen atoms in total. The molecule has 0 saturated carbocycles. The molecule has 88 valence electrons. The molecule has 2 rings (SSSR count). The summed E-state index contributed by atoms with van der Waals surface area (Å²) in [6.07, 6.45) is 2.16. The molecule has 0 N–H and O–H groups in total. The normalized spacial score (nSPS) is 28.8. The standard InChI is InChI=1S/C12H18N2O2/c1-10-2-5-14(8-10)11(15)12(9-13)3-6-16-7-4-12/h10H,2-8H2,1H3. The van der Waals surface area contributed by atoms with Crippen LogP contribution >= 0.6 is 0 Å². The number of hydrogen-bond donors (Lipinski definition) is 0. The molecule has 0 aromatic heterocycles. The molecule has 0 aromatic carbocycles. The first-order valence-corrected chi connectivity index (χ1v) is 5.96. The van der Waals surface area contributed by atoms with Gasteiger partial charge in [-0.05, 0) is 25.2 Å². The first-order valence-electron chi connectivity index (χ1n) is 5.96. The number of nitrogens with zero attached hydrogens (tertiary/aromatic N) is 2. The van der Waals surface area contributed by atoms with Crippen molar-refractivity contribution in [2.75, 3.05) is 26.3 Å². The molecule has 0 radical (unpaired) electrons. The molecule has 1 atom stereocenters. The fraction of sp³-hybridized carbons (Fsp3) is 0.833. The van der Waals surface area contributed by atoms with Crippen LogP contribution in [-0.4, -0.2) is 37.1 Å². The topological polar surface area (TPSA) is 53.3 Å². The first-order chi connectivity index (χ1) is 7.68. The van der Waals surface area contributed by atoms with E-state index in [0.717, 1.165) is 19.5 Å². The van der Waals surface area contributed by atoms with Crippen LogP contribution in [0.2, 0.25) is 0 Å². The van der Waals surface area contributed by atoms with Crippen LogP contribution in [0.3, 0.4) is 0 Å². The number of hydrogen-bond acceptors (Lipinski definition) is 3. The van der Waals surface area contributed by atoms with Crippen LogP contribution in [0.25, 0.3) is 0 Å². The van der Waals surface area contributed by atoms with Crippen LogP contribution < -0.4 is 0 Å². The molecule has 2 fully saturated rings. The van der Waals surface area contributed by atoms with Crippen molar-refractivity contribution in [2.45, 2.75) is 26.2 Å². The highest BCUT2D eigenvalue weighted by Crippen LogP contribution is 2.33. The summed E-state index contributed by atoms with van der Waals surface area (Å²) in [4.78, 5) is 14.2. The van der Waals surface area contributed by atoms with Gasteiger partial charge in [-0.2, -0.15) is 5.26 Å². The minimum atomic E-state index is -0.803. The number of carbonyl (C=O) groups excluding carboxylic acids is 1.